The lowest BCUT2D eigenvalue weighted by Crippen LogP contribution is -2.38. The molecule has 2 saturated heterocycles. The third kappa shape index (κ3) is 3.70. The van der Waals surface area contributed by atoms with E-state index in [9.17, 15) is 4.79 Å². The van der Waals surface area contributed by atoms with Gasteiger partial charge in [0, 0.05) is 49.9 Å². The van der Waals surface area contributed by atoms with Gasteiger partial charge in [0.25, 0.3) is 5.91 Å². The summed E-state index contributed by atoms with van der Waals surface area (Å²) in [6.07, 6.45) is 7.41. The maximum atomic E-state index is 12.6. The molecule has 0 radical (unpaired) electrons. The number of thioether (sulfide) groups is 1. The van der Waals surface area contributed by atoms with Gasteiger partial charge in [-0.25, -0.2) is 15.0 Å². The second-order valence-corrected chi connectivity index (χ2v) is 8.20. The first-order valence-corrected chi connectivity index (χ1v) is 10.3. The Morgan fingerprint density at radius 1 is 1.08 bits per heavy atom. The van der Waals surface area contributed by atoms with Crippen molar-refractivity contribution in [3.63, 3.8) is 0 Å². The van der Waals surface area contributed by atoms with Gasteiger partial charge >= 0.3 is 0 Å². The SMILES string of the molecule is CC1CCN(c2cc(-n3cnc(C(=O)N4CCSCC4)c3)ncn2)CC1. The van der Waals surface area contributed by atoms with Crippen LogP contribution in [0.25, 0.3) is 5.82 Å². The predicted octanol–water partition coefficient (Wildman–Crippen LogP) is 2.09. The van der Waals surface area contributed by atoms with Crippen LogP contribution in [0, 0.1) is 5.92 Å². The molecule has 0 spiro atoms. The highest BCUT2D eigenvalue weighted by Gasteiger charge is 2.21. The number of carbonyl (C=O) groups is 1. The molecule has 0 atom stereocenters. The number of imidazole rings is 1. The van der Waals surface area contributed by atoms with E-state index >= 15 is 0 Å². The molecule has 1 amide bonds. The monoisotopic (exact) mass is 372 g/mol. The van der Waals surface area contributed by atoms with Crippen LogP contribution in [-0.4, -0.2) is 68.0 Å². The largest absolute Gasteiger partial charge is 0.356 e. The quantitative estimate of drug-likeness (QED) is 0.822. The van der Waals surface area contributed by atoms with Crippen molar-refractivity contribution in [3.8, 4) is 5.82 Å². The van der Waals surface area contributed by atoms with Crippen LogP contribution in [0.1, 0.15) is 30.3 Å². The molecule has 4 rings (SSSR count). The summed E-state index contributed by atoms with van der Waals surface area (Å²) in [5.41, 5.74) is 0.476. The fraction of sp³-hybridized carbons (Fsp3) is 0.556. The van der Waals surface area contributed by atoms with E-state index in [2.05, 4.69) is 26.8 Å². The van der Waals surface area contributed by atoms with Crippen molar-refractivity contribution in [1.82, 2.24) is 24.4 Å². The lowest BCUT2D eigenvalue weighted by atomic mass is 9.99. The molecule has 0 unspecified atom stereocenters. The first-order chi connectivity index (χ1) is 12.7. The molecule has 2 aliphatic heterocycles. The molecule has 2 aliphatic rings. The Morgan fingerprint density at radius 3 is 2.58 bits per heavy atom. The van der Waals surface area contributed by atoms with Gasteiger partial charge in [0.05, 0.1) is 0 Å². The summed E-state index contributed by atoms with van der Waals surface area (Å²) >= 11 is 1.89. The predicted molar refractivity (Wildman–Crippen MR) is 103 cm³/mol. The number of hydrogen-bond acceptors (Lipinski definition) is 6. The summed E-state index contributed by atoms with van der Waals surface area (Å²) in [5.74, 6) is 4.46. The molecule has 8 heteroatoms. The van der Waals surface area contributed by atoms with E-state index < -0.39 is 0 Å². The van der Waals surface area contributed by atoms with Crippen molar-refractivity contribution in [2.45, 2.75) is 19.8 Å². The van der Waals surface area contributed by atoms with Crippen molar-refractivity contribution in [3.05, 3.63) is 30.6 Å². The Morgan fingerprint density at radius 2 is 1.81 bits per heavy atom. The van der Waals surface area contributed by atoms with Crippen molar-refractivity contribution in [2.75, 3.05) is 42.6 Å². The topological polar surface area (TPSA) is 67.2 Å². The average molecular weight is 372 g/mol. The molecule has 2 aromatic rings. The summed E-state index contributed by atoms with van der Waals surface area (Å²) in [6.45, 7) is 5.94. The highest BCUT2D eigenvalue weighted by molar-refractivity contribution is 7.99. The molecule has 7 nitrogen and oxygen atoms in total. The van der Waals surface area contributed by atoms with E-state index in [0.717, 1.165) is 55.2 Å². The van der Waals surface area contributed by atoms with Gasteiger partial charge in [-0.05, 0) is 18.8 Å². The average Bonchev–Trinajstić information content (AvgIpc) is 3.19. The fourth-order valence-electron chi connectivity index (χ4n) is 3.38. The van der Waals surface area contributed by atoms with Gasteiger partial charge in [-0.1, -0.05) is 6.92 Å². The zero-order valence-electron chi connectivity index (χ0n) is 15.0. The third-order valence-corrected chi connectivity index (χ3v) is 6.05. The Kier molecular flexibility index (Phi) is 5.10. The third-order valence-electron chi connectivity index (χ3n) is 5.11. The van der Waals surface area contributed by atoms with Gasteiger partial charge in [-0.15, -0.1) is 0 Å². The first kappa shape index (κ1) is 17.3. The zero-order chi connectivity index (χ0) is 17.9. The van der Waals surface area contributed by atoms with E-state index in [4.69, 9.17) is 0 Å². The van der Waals surface area contributed by atoms with Crippen LogP contribution in [0.15, 0.2) is 24.9 Å². The Balaban J connectivity index is 1.50. The zero-order valence-corrected chi connectivity index (χ0v) is 15.9. The van der Waals surface area contributed by atoms with Crippen LogP contribution in [0.3, 0.4) is 0 Å². The number of rotatable bonds is 3. The summed E-state index contributed by atoms with van der Waals surface area (Å²) in [7, 11) is 0. The molecule has 0 aliphatic carbocycles. The standard InChI is InChI=1S/C18H24N6OS/c1-14-2-4-22(5-3-14)16-10-17(20-12-19-16)24-11-15(21-13-24)18(25)23-6-8-26-9-7-23/h10-14H,2-9H2,1H3. The number of nitrogens with zero attached hydrogens (tertiary/aromatic N) is 6. The van der Waals surface area contributed by atoms with Crippen LogP contribution in [-0.2, 0) is 0 Å². The number of anilines is 1. The molecule has 0 aromatic carbocycles. The number of piperidine rings is 1. The number of amides is 1. The maximum absolute atomic E-state index is 12.6. The fourth-order valence-corrected chi connectivity index (χ4v) is 4.28. The van der Waals surface area contributed by atoms with Gasteiger partial charge in [-0.2, -0.15) is 11.8 Å². The van der Waals surface area contributed by atoms with Gasteiger partial charge in [0.15, 0.2) is 0 Å². The Bertz CT molecular complexity index is 765. The molecule has 2 aromatic heterocycles. The maximum Gasteiger partial charge on any atom is 0.274 e. The van der Waals surface area contributed by atoms with E-state index in [0.29, 0.717) is 5.69 Å². The second-order valence-electron chi connectivity index (χ2n) is 6.97. The molecule has 2 fully saturated rings. The minimum atomic E-state index is 0.00310. The van der Waals surface area contributed by atoms with E-state index in [-0.39, 0.29) is 5.91 Å². The first-order valence-electron chi connectivity index (χ1n) is 9.19. The molecule has 0 bridgehead atoms. The lowest BCUT2D eigenvalue weighted by Gasteiger charge is -2.31. The van der Waals surface area contributed by atoms with Crippen LogP contribution in [0.5, 0.6) is 0 Å². The number of carbonyl (C=O) groups excluding carboxylic acids is 1. The minimum Gasteiger partial charge on any atom is -0.356 e. The van der Waals surface area contributed by atoms with Crippen molar-refractivity contribution in [1.29, 1.82) is 0 Å². The highest BCUT2D eigenvalue weighted by atomic mass is 32.2. The Labute approximate surface area is 157 Å². The molecular weight excluding hydrogens is 348 g/mol. The van der Waals surface area contributed by atoms with Crippen LogP contribution in [0.4, 0.5) is 5.82 Å². The van der Waals surface area contributed by atoms with Crippen LogP contribution in [0.2, 0.25) is 0 Å². The smallest absolute Gasteiger partial charge is 0.274 e. The minimum absolute atomic E-state index is 0.00310. The Hall–Kier alpha value is -2.09. The van der Waals surface area contributed by atoms with Gasteiger partial charge in [-0.3, -0.25) is 9.36 Å². The number of hydrogen-bond donors (Lipinski definition) is 0. The summed E-state index contributed by atoms with van der Waals surface area (Å²) < 4.78 is 1.81. The van der Waals surface area contributed by atoms with E-state index in [1.807, 2.05) is 27.3 Å². The van der Waals surface area contributed by atoms with Gasteiger partial charge in [0.2, 0.25) is 0 Å². The molecule has 4 heterocycles. The highest BCUT2D eigenvalue weighted by Crippen LogP contribution is 2.22. The van der Waals surface area contributed by atoms with Crippen LogP contribution < -0.4 is 4.90 Å². The molecule has 0 N–H and O–H groups in total. The molecule has 26 heavy (non-hydrogen) atoms. The lowest BCUT2D eigenvalue weighted by molar-refractivity contribution is 0.0767. The van der Waals surface area contributed by atoms with E-state index in [1.165, 1.54) is 12.8 Å². The summed E-state index contributed by atoms with van der Waals surface area (Å²) in [5, 5.41) is 0. The normalized spacial score (nSPS) is 19.0. The molecule has 0 saturated carbocycles. The van der Waals surface area contributed by atoms with Crippen molar-refractivity contribution < 1.29 is 4.79 Å². The van der Waals surface area contributed by atoms with Crippen molar-refractivity contribution in [2.24, 2.45) is 5.92 Å². The summed E-state index contributed by atoms with van der Waals surface area (Å²) in [6, 6.07) is 1.98. The van der Waals surface area contributed by atoms with Gasteiger partial charge in [0.1, 0.15) is 30.0 Å². The van der Waals surface area contributed by atoms with Gasteiger partial charge < -0.3 is 9.80 Å². The summed E-state index contributed by atoms with van der Waals surface area (Å²) in [4.78, 5) is 29.9. The van der Waals surface area contributed by atoms with E-state index in [1.54, 1.807) is 18.9 Å². The number of aromatic nitrogens is 4. The second kappa shape index (κ2) is 7.65. The molecule has 138 valence electrons. The molecular formula is C18H24N6OS. The van der Waals surface area contributed by atoms with Crippen molar-refractivity contribution >= 4 is 23.5 Å². The van der Waals surface area contributed by atoms with Crippen LogP contribution >= 0.6 is 11.8 Å².